The third kappa shape index (κ3) is 11.7. The molecule has 0 unspecified atom stereocenters. The van der Waals surface area contributed by atoms with E-state index >= 15 is 0 Å². The van der Waals surface area contributed by atoms with Crippen molar-refractivity contribution in [2.75, 3.05) is 65.4 Å². The number of carbonyl (C=O) groups is 2. The fraction of sp³-hybridized carbons (Fsp3) is 0.381. The van der Waals surface area contributed by atoms with Gasteiger partial charge in [-0.05, 0) is 141 Å². The topological polar surface area (TPSA) is 87.6 Å². The Hall–Kier alpha value is -3.65. The Morgan fingerprint density at radius 2 is 1.00 bits per heavy atom. The summed E-state index contributed by atoms with van der Waals surface area (Å²) in [5, 5.41) is 17.1. The number of benzene rings is 4. The van der Waals surface area contributed by atoms with E-state index in [0.29, 0.717) is 5.46 Å². The van der Waals surface area contributed by atoms with E-state index < -0.39 is 7.12 Å². The molecule has 4 aromatic rings. The second-order valence-electron chi connectivity index (χ2n) is 14.3. The van der Waals surface area contributed by atoms with Crippen LogP contribution in [0.15, 0.2) is 89.4 Å². The molecule has 2 N–H and O–H groups in total. The van der Waals surface area contributed by atoms with Gasteiger partial charge in [0.1, 0.15) is 11.6 Å². The Morgan fingerprint density at radius 3 is 1.49 bits per heavy atom. The molecular weight excluding hydrogens is 789 g/mol. The van der Waals surface area contributed by atoms with Crippen molar-refractivity contribution in [1.82, 2.24) is 19.6 Å². The number of hydrogen-bond donors (Lipinski definition) is 2. The standard InChI is InChI=1S/C21H23FN2O.C15H19BrN2O.C6H6BFO2.ClH/c22-19-6-3-16(4-7-19)17-5-8-20-18(15-17)9-12-24(21(20)25)14-13-23-10-1-2-11-23;16-13-3-4-14-12(11-13)5-8-18(15(14)19)10-9-17-6-1-2-7-17;8-6-3-1-5(2-4-6)7(9)10;/h3-8,15H,1-2,9-14H2;3-4,11H,1-2,5-10H2;1-4,9-10H;1H. The molecule has 2 fully saturated rings. The first-order valence-corrected chi connectivity index (χ1v) is 19.8. The van der Waals surface area contributed by atoms with Crippen molar-refractivity contribution in [3.05, 3.63) is 123 Å². The molecule has 0 aromatic heterocycles. The summed E-state index contributed by atoms with van der Waals surface area (Å²) in [6, 6.07) is 23.5. The molecule has 0 spiro atoms. The number of carbonyl (C=O) groups excluding carboxylic acids is 2. The zero-order valence-corrected chi connectivity index (χ0v) is 33.4. The van der Waals surface area contributed by atoms with Crippen LogP contribution in [-0.2, 0) is 12.8 Å². The van der Waals surface area contributed by atoms with E-state index in [1.165, 1.54) is 93.8 Å². The second kappa shape index (κ2) is 20.5. The van der Waals surface area contributed by atoms with Gasteiger partial charge in [-0.1, -0.05) is 52.3 Å². The van der Waals surface area contributed by atoms with E-state index in [1.807, 2.05) is 34.1 Å². The van der Waals surface area contributed by atoms with Gasteiger partial charge in [-0.15, -0.1) is 12.4 Å². The Morgan fingerprint density at radius 1 is 0.564 bits per heavy atom. The highest BCUT2D eigenvalue weighted by Gasteiger charge is 2.26. The van der Waals surface area contributed by atoms with Crippen LogP contribution < -0.4 is 5.46 Å². The molecule has 8 nitrogen and oxygen atoms in total. The van der Waals surface area contributed by atoms with E-state index in [-0.39, 0.29) is 35.9 Å². The molecule has 292 valence electrons. The Balaban J connectivity index is 0.000000171. The summed E-state index contributed by atoms with van der Waals surface area (Å²) in [4.78, 5) is 34.1. The number of fused-ring (bicyclic) bond motifs is 2. The van der Waals surface area contributed by atoms with Gasteiger partial charge >= 0.3 is 7.12 Å². The first-order valence-electron chi connectivity index (χ1n) is 19.0. The number of rotatable bonds is 8. The molecule has 0 bridgehead atoms. The normalized spacial score (nSPS) is 16.7. The molecule has 4 aliphatic heterocycles. The van der Waals surface area contributed by atoms with E-state index in [1.54, 1.807) is 12.1 Å². The van der Waals surface area contributed by atoms with Crippen LogP contribution >= 0.6 is 28.3 Å². The zero-order chi connectivity index (χ0) is 38.0. The van der Waals surface area contributed by atoms with Crippen LogP contribution in [0.5, 0.6) is 0 Å². The largest absolute Gasteiger partial charge is 0.488 e. The molecule has 55 heavy (non-hydrogen) atoms. The molecule has 8 rings (SSSR count). The molecule has 0 atom stereocenters. The highest BCUT2D eigenvalue weighted by molar-refractivity contribution is 9.10. The van der Waals surface area contributed by atoms with Crippen LogP contribution in [0.25, 0.3) is 11.1 Å². The molecule has 2 amide bonds. The van der Waals surface area contributed by atoms with Crippen molar-refractivity contribution >= 4 is 52.7 Å². The fourth-order valence-corrected chi connectivity index (χ4v) is 7.87. The smallest absolute Gasteiger partial charge is 0.423 e. The summed E-state index contributed by atoms with van der Waals surface area (Å²) in [5.41, 5.74) is 6.29. The second-order valence-corrected chi connectivity index (χ2v) is 15.2. The molecule has 0 saturated carbocycles. The summed E-state index contributed by atoms with van der Waals surface area (Å²) < 4.78 is 26.3. The lowest BCUT2D eigenvalue weighted by atomic mass is 9.80. The minimum absolute atomic E-state index is 0. The predicted molar refractivity (Wildman–Crippen MR) is 220 cm³/mol. The van der Waals surface area contributed by atoms with Crippen molar-refractivity contribution in [3.8, 4) is 11.1 Å². The molecule has 13 heteroatoms. The maximum absolute atomic E-state index is 13.1. The zero-order valence-electron chi connectivity index (χ0n) is 31.0. The van der Waals surface area contributed by atoms with Crippen LogP contribution in [0.3, 0.4) is 0 Å². The van der Waals surface area contributed by atoms with Gasteiger partial charge in [-0.25, -0.2) is 8.78 Å². The first-order chi connectivity index (χ1) is 26.1. The molecule has 0 radical (unpaired) electrons. The Kier molecular flexibility index (Phi) is 15.8. The number of likely N-dealkylation sites (tertiary alicyclic amines) is 2. The average molecular weight is 838 g/mol. The lowest BCUT2D eigenvalue weighted by Gasteiger charge is -2.30. The van der Waals surface area contributed by atoms with Crippen molar-refractivity contribution < 1.29 is 28.4 Å². The third-order valence-electron chi connectivity index (χ3n) is 10.6. The number of amides is 2. The van der Waals surface area contributed by atoms with Gasteiger partial charge < -0.3 is 29.6 Å². The van der Waals surface area contributed by atoms with Crippen molar-refractivity contribution in [1.29, 1.82) is 0 Å². The first kappa shape index (κ1) is 42.5. The van der Waals surface area contributed by atoms with E-state index in [4.69, 9.17) is 10.0 Å². The summed E-state index contributed by atoms with van der Waals surface area (Å²) in [6.07, 6.45) is 7.04. The lowest BCUT2D eigenvalue weighted by molar-refractivity contribution is 0.0716. The maximum Gasteiger partial charge on any atom is 0.488 e. The molecule has 4 heterocycles. The van der Waals surface area contributed by atoms with Gasteiger partial charge in [0.2, 0.25) is 0 Å². The minimum atomic E-state index is -1.51. The lowest BCUT2D eigenvalue weighted by Crippen LogP contribution is -2.42. The predicted octanol–water partition coefficient (Wildman–Crippen LogP) is 6.06. The van der Waals surface area contributed by atoms with Crippen molar-refractivity contribution in [2.24, 2.45) is 0 Å². The molecular formula is C42H49BBrClF2N4O4. The Bertz CT molecular complexity index is 1880. The van der Waals surface area contributed by atoms with Gasteiger partial charge in [0.05, 0.1) is 0 Å². The van der Waals surface area contributed by atoms with Crippen LogP contribution in [0, 0.1) is 11.6 Å². The summed E-state index contributed by atoms with van der Waals surface area (Å²) in [7, 11) is -1.51. The van der Waals surface area contributed by atoms with Crippen molar-refractivity contribution in [2.45, 2.75) is 38.5 Å². The van der Waals surface area contributed by atoms with Gasteiger partial charge in [0, 0.05) is 54.9 Å². The minimum Gasteiger partial charge on any atom is -0.423 e. The van der Waals surface area contributed by atoms with E-state index in [0.717, 1.165) is 84.4 Å². The average Bonchev–Trinajstić information content (AvgIpc) is 3.91. The highest BCUT2D eigenvalue weighted by atomic mass is 79.9. The van der Waals surface area contributed by atoms with Gasteiger partial charge in [-0.3, -0.25) is 9.59 Å². The summed E-state index contributed by atoms with van der Waals surface area (Å²) in [6.45, 7) is 10.1. The van der Waals surface area contributed by atoms with E-state index in [2.05, 4.69) is 37.9 Å². The van der Waals surface area contributed by atoms with Crippen LogP contribution in [0.1, 0.15) is 57.5 Å². The molecule has 4 aromatic carbocycles. The molecule has 0 aliphatic carbocycles. The van der Waals surface area contributed by atoms with Crippen molar-refractivity contribution in [3.63, 3.8) is 0 Å². The SMILES string of the molecule is Cl.O=C1c2ccc(-c3ccc(F)cc3)cc2CCN1CCN1CCCC1.O=C1c2ccc(Br)cc2CCN1CCN1CCCC1.OB(O)c1ccc(F)cc1. The maximum atomic E-state index is 13.1. The Labute approximate surface area is 337 Å². The van der Waals surface area contributed by atoms with Gasteiger partial charge in [0.15, 0.2) is 0 Å². The van der Waals surface area contributed by atoms with Gasteiger partial charge in [-0.2, -0.15) is 0 Å². The summed E-state index contributed by atoms with van der Waals surface area (Å²) in [5.74, 6) is -0.269. The summed E-state index contributed by atoms with van der Waals surface area (Å²) >= 11 is 3.47. The highest BCUT2D eigenvalue weighted by Crippen LogP contribution is 2.27. The number of hydrogen-bond acceptors (Lipinski definition) is 6. The van der Waals surface area contributed by atoms with Crippen LogP contribution in [0.2, 0.25) is 0 Å². The third-order valence-corrected chi connectivity index (χ3v) is 11.1. The van der Waals surface area contributed by atoms with E-state index in [9.17, 15) is 18.4 Å². The van der Waals surface area contributed by atoms with Crippen LogP contribution in [0.4, 0.5) is 8.78 Å². The molecule has 2 saturated heterocycles. The monoisotopic (exact) mass is 836 g/mol. The number of halogens is 4. The molecule has 4 aliphatic rings. The van der Waals surface area contributed by atoms with Gasteiger partial charge in [0.25, 0.3) is 11.8 Å². The van der Waals surface area contributed by atoms with Crippen LogP contribution in [-0.4, -0.2) is 114 Å². The number of nitrogens with zero attached hydrogens (tertiary/aromatic N) is 4. The fourth-order valence-electron chi connectivity index (χ4n) is 7.46. The quantitative estimate of drug-likeness (QED) is 0.210.